The molecule has 1 heterocycles. The first-order valence-electron chi connectivity index (χ1n) is 12.4. The molecule has 0 saturated carbocycles. The van der Waals surface area contributed by atoms with Gasteiger partial charge in [0.05, 0.1) is 19.6 Å². The number of amidine groups is 1. The molecule has 0 aromatic heterocycles. The Morgan fingerprint density at radius 1 is 0.966 bits per heavy atom. The lowest BCUT2D eigenvalue weighted by Gasteiger charge is -2.33. The van der Waals surface area contributed by atoms with E-state index >= 15 is 0 Å². The number of quaternary nitrogens is 1. The van der Waals surface area contributed by atoms with Crippen molar-refractivity contribution in [2.75, 3.05) is 32.7 Å². The van der Waals surface area contributed by atoms with Crippen LogP contribution in [0.3, 0.4) is 0 Å². The Balaban J connectivity index is 2.05. The van der Waals surface area contributed by atoms with E-state index in [1.165, 1.54) is 82.9 Å². The van der Waals surface area contributed by atoms with Crippen molar-refractivity contribution in [1.82, 2.24) is 5.32 Å². The van der Waals surface area contributed by atoms with Gasteiger partial charge in [0.2, 0.25) is 5.91 Å². The van der Waals surface area contributed by atoms with Gasteiger partial charge < -0.3 is 5.32 Å². The molecule has 1 N–H and O–H groups in total. The van der Waals surface area contributed by atoms with E-state index in [1.807, 2.05) is 0 Å². The summed E-state index contributed by atoms with van der Waals surface area (Å²) < 4.78 is 0.990. The standard InChI is InChI=1S/C25H47N3O/c1-4-6-7-8-9-10-11-12-13-14-15-16-17-18-19-25-27-21-23-28(25,5-2)22-20-26-24(3)29/h11-12H,4-10,13-23H2,1-3H3/p+1/b12-11+. The number of nitrogens with one attached hydrogen (secondary N) is 1. The van der Waals surface area contributed by atoms with Gasteiger partial charge in [0.25, 0.3) is 0 Å². The Morgan fingerprint density at radius 2 is 1.59 bits per heavy atom. The molecule has 1 aliphatic rings. The summed E-state index contributed by atoms with van der Waals surface area (Å²) in [4.78, 5) is 16.0. The molecule has 1 unspecified atom stereocenters. The number of allylic oxidation sites excluding steroid dienone is 2. The number of nitrogens with zero attached hydrogens (tertiary/aromatic N) is 2. The Morgan fingerprint density at radius 3 is 2.21 bits per heavy atom. The summed E-state index contributed by atoms with van der Waals surface area (Å²) in [5.41, 5.74) is 0. The van der Waals surface area contributed by atoms with Gasteiger partial charge >= 0.3 is 0 Å². The zero-order chi connectivity index (χ0) is 21.2. The van der Waals surface area contributed by atoms with Gasteiger partial charge in [0, 0.05) is 13.3 Å². The highest BCUT2D eigenvalue weighted by Gasteiger charge is 2.35. The molecule has 0 saturated heterocycles. The van der Waals surface area contributed by atoms with Crippen molar-refractivity contribution in [3.05, 3.63) is 12.2 Å². The first-order valence-corrected chi connectivity index (χ1v) is 12.4. The second-order valence-corrected chi connectivity index (χ2v) is 8.67. The summed E-state index contributed by atoms with van der Waals surface area (Å²) in [5.74, 6) is 1.44. The first-order chi connectivity index (χ1) is 14.1. The fourth-order valence-electron chi connectivity index (χ4n) is 4.33. The number of hydrogen-bond donors (Lipinski definition) is 1. The van der Waals surface area contributed by atoms with E-state index in [0.717, 1.165) is 43.6 Å². The largest absolute Gasteiger partial charge is 0.351 e. The van der Waals surface area contributed by atoms with Crippen molar-refractivity contribution in [2.45, 2.75) is 104 Å². The molecule has 4 heteroatoms. The fraction of sp³-hybridized carbons (Fsp3) is 0.840. The fourth-order valence-corrected chi connectivity index (χ4v) is 4.33. The summed E-state index contributed by atoms with van der Waals surface area (Å²) in [6.45, 7) is 11.0. The van der Waals surface area contributed by atoms with Crippen LogP contribution in [-0.4, -0.2) is 48.9 Å². The smallest absolute Gasteiger partial charge is 0.217 e. The summed E-state index contributed by atoms with van der Waals surface area (Å²) >= 11 is 0. The summed E-state index contributed by atoms with van der Waals surface area (Å²) in [7, 11) is 0. The van der Waals surface area contributed by atoms with Crippen molar-refractivity contribution < 1.29 is 9.28 Å². The van der Waals surface area contributed by atoms with Gasteiger partial charge in [-0.1, -0.05) is 64.0 Å². The molecule has 29 heavy (non-hydrogen) atoms. The highest BCUT2D eigenvalue weighted by Crippen LogP contribution is 2.20. The normalized spacial score (nSPS) is 19.1. The third-order valence-electron chi connectivity index (χ3n) is 6.30. The minimum absolute atomic E-state index is 0.0683. The highest BCUT2D eigenvalue weighted by atomic mass is 16.1. The number of unbranched alkanes of at least 4 members (excludes halogenated alkanes) is 10. The van der Waals surface area contributed by atoms with E-state index in [9.17, 15) is 4.79 Å². The Hall–Kier alpha value is -1.16. The number of carbonyl (C=O) groups is 1. The van der Waals surface area contributed by atoms with Crippen LogP contribution in [0.25, 0.3) is 0 Å². The van der Waals surface area contributed by atoms with Gasteiger partial charge in [-0.05, 0) is 39.0 Å². The predicted octanol–water partition coefficient (Wildman–Crippen LogP) is 6.02. The number of hydrogen-bond acceptors (Lipinski definition) is 2. The molecule has 4 nitrogen and oxygen atoms in total. The van der Waals surface area contributed by atoms with E-state index in [-0.39, 0.29) is 5.91 Å². The molecule has 0 bridgehead atoms. The molecular formula is C25H48N3O+. The van der Waals surface area contributed by atoms with E-state index in [4.69, 9.17) is 4.99 Å². The van der Waals surface area contributed by atoms with Crippen LogP contribution >= 0.6 is 0 Å². The second kappa shape index (κ2) is 16.6. The number of rotatable bonds is 18. The lowest BCUT2D eigenvalue weighted by molar-refractivity contribution is -0.833. The molecule has 168 valence electrons. The molecule has 1 atom stereocenters. The van der Waals surface area contributed by atoms with E-state index in [1.54, 1.807) is 6.92 Å². The van der Waals surface area contributed by atoms with Crippen molar-refractivity contribution in [1.29, 1.82) is 0 Å². The topological polar surface area (TPSA) is 41.5 Å². The van der Waals surface area contributed by atoms with Crippen molar-refractivity contribution in [3.63, 3.8) is 0 Å². The quantitative estimate of drug-likeness (QED) is 0.169. The molecule has 0 spiro atoms. The zero-order valence-electron chi connectivity index (χ0n) is 19.7. The second-order valence-electron chi connectivity index (χ2n) is 8.67. The van der Waals surface area contributed by atoms with Crippen molar-refractivity contribution in [3.8, 4) is 0 Å². The third-order valence-corrected chi connectivity index (χ3v) is 6.30. The molecule has 1 aliphatic heterocycles. The lowest BCUT2D eigenvalue weighted by Crippen LogP contribution is -2.54. The van der Waals surface area contributed by atoms with Crippen molar-refractivity contribution in [2.24, 2.45) is 4.99 Å². The first kappa shape index (κ1) is 25.9. The monoisotopic (exact) mass is 406 g/mol. The van der Waals surface area contributed by atoms with Crippen LogP contribution in [0, 0.1) is 0 Å². The average Bonchev–Trinajstić information content (AvgIpc) is 3.11. The van der Waals surface area contributed by atoms with Crippen LogP contribution in [0.15, 0.2) is 17.1 Å². The Bertz CT molecular complexity index is 486. The maximum Gasteiger partial charge on any atom is 0.217 e. The molecule has 0 aromatic rings. The Kier molecular flexibility index (Phi) is 14.8. The molecule has 0 fully saturated rings. The lowest BCUT2D eigenvalue weighted by atomic mass is 10.1. The Labute approximate surface area is 180 Å². The summed E-state index contributed by atoms with van der Waals surface area (Å²) in [5, 5.41) is 2.96. The van der Waals surface area contributed by atoms with Gasteiger partial charge in [-0.2, -0.15) is 0 Å². The maximum absolute atomic E-state index is 11.2. The van der Waals surface area contributed by atoms with E-state index in [0.29, 0.717) is 0 Å². The van der Waals surface area contributed by atoms with Crippen molar-refractivity contribution >= 4 is 11.7 Å². The summed E-state index contributed by atoms with van der Waals surface area (Å²) in [6, 6.07) is 0. The van der Waals surface area contributed by atoms with Gasteiger partial charge in [-0.25, -0.2) is 4.99 Å². The van der Waals surface area contributed by atoms with Gasteiger partial charge in [-0.3, -0.25) is 9.28 Å². The van der Waals surface area contributed by atoms with Crippen LogP contribution in [0.1, 0.15) is 104 Å². The molecule has 0 aromatic carbocycles. The number of likely N-dealkylation sites (N-methyl/N-ethyl adjacent to an activating group) is 1. The van der Waals surface area contributed by atoms with Gasteiger partial charge in [-0.15, -0.1) is 0 Å². The van der Waals surface area contributed by atoms with Crippen LogP contribution in [0.4, 0.5) is 0 Å². The summed E-state index contributed by atoms with van der Waals surface area (Å²) in [6.07, 6.45) is 21.9. The molecule has 0 aliphatic carbocycles. The highest BCUT2D eigenvalue weighted by molar-refractivity contribution is 5.77. The zero-order valence-corrected chi connectivity index (χ0v) is 19.7. The number of carbonyl (C=O) groups excluding carboxylic acids is 1. The van der Waals surface area contributed by atoms with Crippen LogP contribution in [-0.2, 0) is 4.79 Å². The average molecular weight is 407 g/mol. The minimum atomic E-state index is 0.0683. The predicted molar refractivity (Wildman–Crippen MR) is 126 cm³/mol. The number of amides is 1. The van der Waals surface area contributed by atoms with Gasteiger partial charge in [0.1, 0.15) is 13.1 Å². The van der Waals surface area contributed by atoms with E-state index in [2.05, 4.69) is 31.3 Å². The minimum Gasteiger partial charge on any atom is -0.351 e. The molecule has 1 rings (SSSR count). The number of aliphatic imine (C=N–C) groups is 1. The third kappa shape index (κ3) is 11.6. The van der Waals surface area contributed by atoms with Crippen LogP contribution in [0.5, 0.6) is 0 Å². The maximum atomic E-state index is 11.2. The molecule has 0 radical (unpaired) electrons. The molecule has 1 amide bonds. The van der Waals surface area contributed by atoms with E-state index < -0.39 is 0 Å². The molecular weight excluding hydrogens is 358 g/mol. The van der Waals surface area contributed by atoms with Gasteiger partial charge in [0.15, 0.2) is 5.84 Å². The van der Waals surface area contributed by atoms with Crippen LogP contribution in [0.2, 0.25) is 0 Å². The van der Waals surface area contributed by atoms with Crippen LogP contribution < -0.4 is 5.32 Å². The SMILES string of the molecule is CCCCCCC/C=C/CCCCCCCC1=NCC[N+]1(CC)CCNC(C)=O.